The molecular formula is C13H34Cl2O2Si3Ti-3. The van der Waals surface area contributed by atoms with Gasteiger partial charge in [-0.3, -0.25) is 6.08 Å². The summed E-state index contributed by atoms with van der Waals surface area (Å²) in [5.41, 5.74) is 0. The second kappa shape index (κ2) is 42.9. The van der Waals surface area contributed by atoms with Gasteiger partial charge in [-0.05, 0) is 19.6 Å². The molecule has 0 unspecified atom stereocenters. The minimum atomic E-state index is -1.61. The number of allylic oxidation sites excluding steroid dienone is 4. The molecule has 0 bridgehead atoms. The summed E-state index contributed by atoms with van der Waals surface area (Å²) >= 11 is -0.722. The van der Waals surface area contributed by atoms with Crippen molar-refractivity contribution in [3.63, 3.8) is 0 Å². The Morgan fingerprint density at radius 1 is 1.29 bits per heavy atom. The fraction of sp³-hybridized carbons (Fsp3) is 0.538. The van der Waals surface area contributed by atoms with Gasteiger partial charge in [0.15, 0.2) is 8.32 Å². The van der Waals surface area contributed by atoms with E-state index in [2.05, 4.69) is 32.2 Å². The molecule has 0 spiro atoms. The van der Waals surface area contributed by atoms with Crippen molar-refractivity contribution in [2.75, 3.05) is 0 Å². The summed E-state index contributed by atoms with van der Waals surface area (Å²) in [5.74, 6) is 0. The van der Waals surface area contributed by atoms with Crippen molar-refractivity contribution in [3.8, 4) is 0 Å². The average Bonchev–Trinajstić information content (AvgIpc) is 2.77. The van der Waals surface area contributed by atoms with Gasteiger partial charge in [0.25, 0.3) is 0 Å². The number of hydrogen-bond acceptors (Lipinski definition) is 2. The normalized spacial score (nSPS) is 8.57. The molecule has 1 aliphatic carbocycles. The standard InChI is InChI=1S/C5H5.C3H10OSi.C2H7Si.C2H5.CH3.2ClH.O.H2Si.Ti/c1-2-4-5-3-1;1-5(2,3)4;1-3-2;1-2;;;;;;/h1-3H,4H2;4H,1-3H3;3H,1-2H3;1H2,2H3;1H3;2*1H;;1H2;/q-1;;;2*-1;;;;;. The molecule has 21 heavy (non-hydrogen) atoms. The average molecular weight is 425 g/mol. The molecule has 1 aliphatic rings. The Kier molecular flexibility index (Phi) is 88.2. The van der Waals surface area contributed by atoms with Gasteiger partial charge < -0.3 is 19.1 Å². The molecule has 0 aromatic rings. The van der Waals surface area contributed by atoms with Crippen LogP contribution >= 0.6 is 24.8 Å². The van der Waals surface area contributed by atoms with Crippen LogP contribution in [-0.4, -0.2) is 30.3 Å². The van der Waals surface area contributed by atoms with E-state index in [9.17, 15) is 0 Å². The number of hydrogen-bond donors (Lipinski definition) is 1. The maximum absolute atomic E-state index is 9.07. The Labute approximate surface area is 160 Å². The minimum absolute atomic E-state index is 0. The van der Waals surface area contributed by atoms with Crippen molar-refractivity contribution >= 4 is 50.3 Å². The van der Waals surface area contributed by atoms with E-state index in [1.54, 1.807) is 14.6 Å². The van der Waals surface area contributed by atoms with Gasteiger partial charge in [0, 0.05) is 9.52 Å². The van der Waals surface area contributed by atoms with Crippen LogP contribution in [0.4, 0.5) is 0 Å². The summed E-state index contributed by atoms with van der Waals surface area (Å²) in [7, 11) is 0.682. The van der Waals surface area contributed by atoms with E-state index in [-0.39, 0.29) is 32.2 Å². The zero-order chi connectivity index (χ0) is 15.4. The summed E-state index contributed by atoms with van der Waals surface area (Å²) in [5, 5.41) is 0. The molecule has 0 fully saturated rings. The first-order valence-corrected chi connectivity index (χ1v) is 16.3. The Morgan fingerprint density at radius 3 is 1.57 bits per heavy atom. The van der Waals surface area contributed by atoms with Gasteiger partial charge in [-0.1, -0.05) is 13.1 Å². The molecule has 1 N–H and O–H groups in total. The van der Waals surface area contributed by atoms with Crippen molar-refractivity contribution in [3.05, 3.63) is 38.7 Å². The molecule has 0 atom stereocenters. The van der Waals surface area contributed by atoms with Crippen molar-refractivity contribution in [2.24, 2.45) is 0 Å². The Morgan fingerprint density at radius 2 is 1.52 bits per heavy atom. The van der Waals surface area contributed by atoms with E-state index in [0.717, 1.165) is 15.9 Å². The van der Waals surface area contributed by atoms with E-state index >= 15 is 0 Å². The Bertz CT molecular complexity index is 212. The molecule has 8 heteroatoms. The molecule has 0 saturated heterocycles. The third-order valence-corrected chi connectivity index (χ3v) is 0.586. The first-order chi connectivity index (χ1) is 8.33. The van der Waals surface area contributed by atoms with Crippen LogP contribution in [0.2, 0.25) is 32.7 Å². The van der Waals surface area contributed by atoms with Crippen LogP contribution in [0.5, 0.6) is 0 Å². The Balaban J connectivity index is -0.0000000234. The van der Waals surface area contributed by atoms with Gasteiger partial charge in [0.1, 0.15) is 0 Å². The summed E-state index contributed by atoms with van der Waals surface area (Å²) in [4.78, 5) is 8.66. The van der Waals surface area contributed by atoms with Crippen LogP contribution in [-0.2, 0) is 21.2 Å². The van der Waals surface area contributed by atoms with Gasteiger partial charge in [0.05, 0.1) is 0 Å². The molecule has 0 aromatic carbocycles. The van der Waals surface area contributed by atoms with Crippen molar-refractivity contribution < 1.29 is 26.0 Å². The molecular weight excluding hydrogens is 391 g/mol. The van der Waals surface area contributed by atoms with Crippen molar-refractivity contribution in [1.82, 2.24) is 0 Å². The summed E-state index contributed by atoms with van der Waals surface area (Å²) in [6.45, 7) is 15.1. The fourth-order valence-electron chi connectivity index (χ4n) is 0.340. The molecule has 0 heterocycles. The monoisotopic (exact) mass is 424 g/mol. The Hall–Kier alpha value is 1.18. The van der Waals surface area contributed by atoms with Crippen molar-refractivity contribution in [2.45, 2.75) is 46.1 Å². The van der Waals surface area contributed by atoms with E-state index in [1.165, 1.54) is 0 Å². The predicted octanol–water partition coefficient (Wildman–Crippen LogP) is 3.74. The van der Waals surface area contributed by atoms with Gasteiger partial charge in [0.2, 0.25) is 0 Å². The first kappa shape index (κ1) is 43.2. The first-order valence-electron chi connectivity index (χ1n) is 5.86. The molecule has 0 aliphatic heterocycles. The molecule has 2 nitrogen and oxygen atoms in total. The summed E-state index contributed by atoms with van der Waals surface area (Å²) in [6.07, 6.45) is 10.0. The van der Waals surface area contributed by atoms with Crippen LogP contribution in [0.25, 0.3) is 0 Å². The van der Waals surface area contributed by atoms with E-state index in [0.29, 0.717) is 0 Å². The summed E-state index contributed by atoms with van der Waals surface area (Å²) < 4.78 is 9.07. The van der Waals surface area contributed by atoms with Gasteiger partial charge >= 0.3 is 28.8 Å². The molecule has 131 valence electrons. The molecule has 0 aromatic heterocycles. The topological polar surface area (TPSA) is 37.3 Å². The molecule has 1 rings (SSSR count). The van der Waals surface area contributed by atoms with E-state index < -0.39 is 26.2 Å². The van der Waals surface area contributed by atoms with Gasteiger partial charge in [-0.15, -0.1) is 31.2 Å². The van der Waals surface area contributed by atoms with Crippen LogP contribution in [0, 0.1) is 20.4 Å². The number of halogens is 2. The summed E-state index contributed by atoms with van der Waals surface area (Å²) in [6, 6.07) is 0. The van der Waals surface area contributed by atoms with Crippen LogP contribution in [0.1, 0.15) is 13.3 Å². The molecule has 0 saturated carbocycles. The van der Waals surface area contributed by atoms with Gasteiger partial charge in [-0.2, -0.15) is 13.0 Å². The maximum atomic E-state index is 9.07. The van der Waals surface area contributed by atoms with Crippen LogP contribution in [0.15, 0.2) is 18.2 Å². The quantitative estimate of drug-likeness (QED) is 0.474. The van der Waals surface area contributed by atoms with Crippen LogP contribution in [0.3, 0.4) is 0 Å². The van der Waals surface area contributed by atoms with Crippen LogP contribution < -0.4 is 0 Å². The fourth-order valence-corrected chi connectivity index (χ4v) is 0.340. The van der Waals surface area contributed by atoms with Crippen molar-refractivity contribution in [1.29, 1.82) is 0 Å². The third-order valence-electron chi connectivity index (χ3n) is 0.586. The molecule has 0 amide bonds. The van der Waals surface area contributed by atoms with Gasteiger partial charge in [-0.25, -0.2) is 12.2 Å². The second-order valence-electron chi connectivity index (χ2n) is 3.90. The zero-order valence-corrected chi connectivity index (χ0v) is 21.4. The van der Waals surface area contributed by atoms with E-state index in [1.807, 2.05) is 31.8 Å². The van der Waals surface area contributed by atoms with E-state index in [4.69, 9.17) is 8.12 Å². The molecule has 1 radical (unpaired) electrons. The zero-order valence-electron chi connectivity index (χ0n) is 14.6. The second-order valence-corrected chi connectivity index (χ2v) is 11.0. The number of rotatable bonds is 0. The SMILES string of the molecule is C[SiH]C.C[Si](C)(C)O.Cl.Cl.[C-]1=CC=CC1.[CH2-]C.[CH3-].[O]=[Ti]=[SiH2]. The predicted molar refractivity (Wildman–Crippen MR) is 107 cm³/mol. The third kappa shape index (κ3) is 204.